The van der Waals surface area contributed by atoms with Gasteiger partial charge < -0.3 is 10.1 Å². The lowest BCUT2D eigenvalue weighted by molar-refractivity contribution is -0.115. The lowest BCUT2D eigenvalue weighted by atomic mass is 9.68. The Labute approximate surface area is 133 Å². The Bertz CT molecular complexity index is 298. The molecule has 1 N–H and O–H groups in total. The Hall–Kier alpha value is -0.0800. The van der Waals surface area contributed by atoms with Crippen LogP contribution in [0.5, 0.6) is 0 Å². The van der Waals surface area contributed by atoms with Crippen LogP contribution in [0.2, 0.25) is 0 Å². The second-order valence-corrected chi connectivity index (χ2v) is 8.18. The van der Waals surface area contributed by atoms with Gasteiger partial charge in [-0.1, -0.05) is 41.0 Å². The van der Waals surface area contributed by atoms with Crippen LogP contribution in [0.3, 0.4) is 0 Å². The minimum absolute atomic E-state index is 0.00490. The molecule has 3 unspecified atom stereocenters. The fourth-order valence-corrected chi connectivity index (χ4v) is 3.31. The van der Waals surface area contributed by atoms with Crippen LogP contribution >= 0.6 is 0 Å². The van der Waals surface area contributed by atoms with E-state index in [0.29, 0.717) is 17.6 Å². The first-order valence-corrected chi connectivity index (χ1v) is 9.17. The van der Waals surface area contributed by atoms with Crippen molar-refractivity contribution >= 4 is 0 Å². The second-order valence-electron chi connectivity index (χ2n) is 8.18. The van der Waals surface area contributed by atoms with Gasteiger partial charge in [-0.15, -0.1) is 0 Å². The SMILES string of the molecule is CCCNC1CCC(C(C)(C)CC)CC1OC(C)(C)CC. The zero-order chi connectivity index (χ0) is 16.1. The smallest absolute Gasteiger partial charge is 0.0738 e. The fourth-order valence-electron chi connectivity index (χ4n) is 3.31. The van der Waals surface area contributed by atoms with Crippen LogP contribution in [-0.4, -0.2) is 24.3 Å². The third-order valence-electron chi connectivity index (χ3n) is 5.79. The van der Waals surface area contributed by atoms with E-state index in [1.165, 1.54) is 32.1 Å². The van der Waals surface area contributed by atoms with Crippen molar-refractivity contribution in [2.24, 2.45) is 11.3 Å². The van der Waals surface area contributed by atoms with Crippen molar-refractivity contribution in [3.63, 3.8) is 0 Å². The van der Waals surface area contributed by atoms with E-state index in [-0.39, 0.29) is 5.60 Å². The summed E-state index contributed by atoms with van der Waals surface area (Å²) in [4.78, 5) is 0. The molecule has 0 aromatic carbocycles. The van der Waals surface area contributed by atoms with Crippen LogP contribution in [0.1, 0.15) is 87.0 Å². The van der Waals surface area contributed by atoms with Gasteiger partial charge in [0.25, 0.3) is 0 Å². The zero-order valence-corrected chi connectivity index (χ0v) is 15.6. The van der Waals surface area contributed by atoms with Gasteiger partial charge in [0.2, 0.25) is 0 Å². The number of rotatable bonds is 8. The maximum Gasteiger partial charge on any atom is 0.0738 e. The summed E-state index contributed by atoms with van der Waals surface area (Å²) in [7, 11) is 0. The average Bonchev–Trinajstić information content (AvgIpc) is 2.45. The molecule has 0 aromatic rings. The summed E-state index contributed by atoms with van der Waals surface area (Å²) in [5.74, 6) is 0.792. The Morgan fingerprint density at radius 2 is 1.67 bits per heavy atom. The summed E-state index contributed by atoms with van der Waals surface area (Å²) in [5.41, 5.74) is 0.433. The highest BCUT2D eigenvalue weighted by molar-refractivity contribution is 4.92. The number of hydrogen-bond donors (Lipinski definition) is 1. The lowest BCUT2D eigenvalue weighted by Gasteiger charge is -2.45. The summed E-state index contributed by atoms with van der Waals surface area (Å²) >= 11 is 0. The molecule has 1 saturated carbocycles. The fraction of sp³-hybridized carbons (Fsp3) is 1.00. The highest BCUT2D eigenvalue weighted by Gasteiger charge is 2.39. The molecule has 0 bridgehead atoms. The van der Waals surface area contributed by atoms with Gasteiger partial charge in [0.15, 0.2) is 0 Å². The largest absolute Gasteiger partial charge is 0.371 e. The maximum atomic E-state index is 6.55. The van der Waals surface area contributed by atoms with E-state index in [2.05, 4.69) is 53.8 Å². The molecule has 0 radical (unpaired) electrons. The number of ether oxygens (including phenoxy) is 1. The van der Waals surface area contributed by atoms with E-state index in [1.807, 2.05) is 0 Å². The van der Waals surface area contributed by atoms with E-state index in [4.69, 9.17) is 4.74 Å². The van der Waals surface area contributed by atoms with Crippen LogP contribution in [0.4, 0.5) is 0 Å². The first-order valence-electron chi connectivity index (χ1n) is 9.17. The van der Waals surface area contributed by atoms with Crippen molar-refractivity contribution in [1.29, 1.82) is 0 Å². The van der Waals surface area contributed by atoms with Crippen molar-refractivity contribution in [3.05, 3.63) is 0 Å². The monoisotopic (exact) mass is 297 g/mol. The topological polar surface area (TPSA) is 21.3 Å². The molecule has 0 aliphatic heterocycles. The Balaban J connectivity index is 2.76. The van der Waals surface area contributed by atoms with E-state index in [1.54, 1.807) is 0 Å². The van der Waals surface area contributed by atoms with Gasteiger partial charge in [-0.25, -0.2) is 0 Å². The minimum Gasteiger partial charge on any atom is -0.371 e. The van der Waals surface area contributed by atoms with Gasteiger partial charge in [0.1, 0.15) is 0 Å². The molecule has 2 heteroatoms. The molecule has 0 amide bonds. The number of hydrogen-bond acceptors (Lipinski definition) is 2. The molecule has 0 spiro atoms. The van der Waals surface area contributed by atoms with Crippen molar-refractivity contribution in [1.82, 2.24) is 5.32 Å². The van der Waals surface area contributed by atoms with Gasteiger partial charge >= 0.3 is 0 Å². The normalized spacial score (nSPS) is 27.9. The van der Waals surface area contributed by atoms with Crippen molar-refractivity contribution in [2.75, 3.05) is 6.54 Å². The molecule has 3 atom stereocenters. The van der Waals surface area contributed by atoms with Crippen molar-refractivity contribution in [2.45, 2.75) is 105 Å². The molecule has 0 saturated heterocycles. The third kappa shape index (κ3) is 5.56. The minimum atomic E-state index is -0.00490. The molecule has 1 fully saturated rings. The molecule has 126 valence electrons. The average molecular weight is 298 g/mol. The van der Waals surface area contributed by atoms with Crippen LogP contribution < -0.4 is 5.32 Å². The molecule has 21 heavy (non-hydrogen) atoms. The van der Waals surface area contributed by atoms with E-state index in [0.717, 1.165) is 18.9 Å². The molecule has 1 rings (SSSR count). The molecule has 1 aliphatic carbocycles. The molecule has 0 heterocycles. The predicted octanol–water partition coefficient (Wildman–Crippen LogP) is 5.16. The molecule has 0 aromatic heterocycles. The van der Waals surface area contributed by atoms with E-state index in [9.17, 15) is 0 Å². The highest BCUT2D eigenvalue weighted by Crippen LogP contribution is 2.42. The second kappa shape index (κ2) is 7.97. The van der Waals surface area contributed by atoms with Gasteiger partial charge in [-0.3, -0.25) is 0 Å². The number of nitrogens with one attached hydrogen (secondary N) is 1. The van der Waals surface area contributed by atoms with Gasteiger partial charge in [0.05, 0.1) is 11.7 Å². The van der Waals surface area contributed by atoms with Gasteiger partial charge in [0, 0.05) is 6.04 Å². The zero-order valence-electron chi connectivity index (χ0n) is 15.6. The highest BCUT2D eigenvalue weighted by atomic mass is 16.5. The van der Waals surface area contributed by atoms with Crippen molar-refractivity contribution in [3.8, 4) is 0 Å². The van der Waals surface area contributed by atoms with Gasteiger partial charge in [-0.2, -0.15) is 0 Å². The molecular weight excluding hydrogens is 258 g/mol. The summed E-state index contributed by atoms with van der Waals surface area (Å²) in [5, 5.41) is 3.73. The maximum absolute atomic E-state index is 6.55. The standard InChI is InChI=1S/C19H39NO/c1-8-13-20-16-12-11-15(18(4,5)9-2)14-17(16)21-19(6,7)10-3/h15-17,20H,8-14H2,1-7H3. The van der Waals surface area contributed by atoms with Crippen LogP contribution in [0, 0.1) is 11.3 Å². The molecule has 1 aliphatic rings. The Kier molecular flexibility index (Phi) is 7.19. The van der Waals surface area contributed by atoms with Crippen LogP contribution in [0.15, 0.2) is 0 Å². The molecular formula is C19H39NO. The third-order valence-corrected chi connectivity index (χ3v) is 5.79. The quantitative estimate of drug-likeness (QED) is 0.668. The Morgan fingerprint density at radius 3 is 2.19 bits per heavy atom. The summed E-state index contributed by atoms with van der Waals surface area (Å²) in [6.07, 6.45) is 7.72. The van der Waals surface area contributed by atoms with E-state index < -0.39 is 0 Å². The summed E-state index contributed by atoms with van der Waals surface area (Å²) < 4.78 is 6.55. The Morgan fingerprint density at radius 1 is 1.00 bits per heavy atom. The first kappa shape index (κ1) is 19.0. The lowest BCUT2D eigenvalue weighted by Crippen LogP contribution is -2.50. The van der Waals surface area contributed by atoms with Crippen LogP contribution in [0.25, 0.3) is 0 Å². The predicted molar refractivity (Wildman–Crippen MR) is 92.7 cm³/mol. The molecule has 2 nitrogen and oxygen atoms in total. The summed E-state index contributed by atoms with van der Waals surface area (Å²) in [6, 6.07) is 0.541. The van der Waals surface area contributed by atoms with Gasteiger partial charge in [-0.05, 0) is 63.8 Å². The van der Waals surface area contributed by atoms with E-state index >= 15 is 0 Å². The van der Waals surface area contributed by atoms with Crippen LogP contribution in [-0.2, 0) is 4.74 Å². The summed E-state index contributed by atoms with van der Waals surface area (Å²) in [6.45, 7) is 17.2. The first-order chi connectivity index (χ1) is 9.75. The van der Waals surface area contributed by atoms with Crippen molar-refractivity contribution < 1.29 is 4.74 Å².